The number of hydrogen-bond acceptors (Lipinski definition) is 5. The van der Waals surface area contributed by atoms with Gasteiger partial charge >= 0.3 is 0 Å². The van der Waals surface area contributed by atoms with Crippen molar-refractivity contribution < 1.29 is 9.21 Å². The third-order valence-corrected chi connectivity index (χ3v) is 4.25. The van der Waals surface area contributed by atoms with Crippen molar-refractivity contribution in [3.05, 3.63) is 35.3 Å². The van der Waals surface area contributed by atoms with E-state index in [1.54, 1.807) is 0 Å². The summed E-state index contributed by atoms with van der Waals surface area (Å²) in [6.07, 6.45) is 1.02. The van der Waals surface area contributed by atoms with Crippen LogP contribution < -0.4 is 5.32 Å². The molecule has 2 aromatic rings. The smallest absolute Gasteiger partial charge is 0.222 e. The highest BCUT2D eigenvalue weighted by Crippen LogP contribution is 2.16. The molecule has 1 amide bonds. The van der Waals surface area contributed by atoms with Gasteiger partial charge in [-0.1, -0.05) is 13.8 Å². The first-order valence-electron chi connectivity index (χ1n) is 8.49. The van der Waals surface area contributed by atoms with Crippen LogP contribution in [0.1, 0.15) is 43.4 Å². The lowest BCUT2D eigenvalue weighted by Crippen LogP contribution is -2.28. The molecule has 0 atom stereocenters. The largest absolute Gasteiger partial charge is 0.465 e. The quantitative estimate of drug-likeness (QED) is 0.905. The van der Waals surface area contributed by atoms with Gasteiger partial charge in [0.2, 0.25) is 5.91 Å². The van der Waals surface area contributed by atoms with E-state index in [2.05, 4.69) is 25.0 Å². The molecule has 1 aliphatic rings. The number of aromatic nitrogens is 3. The summed E-state index contributed by atoms with van der Waals surface area (Å²) in [5.41, 5.74) is 0. The van der Waals surface area contributed by atoms with Gasteiger partial charge in [-0.15, -0.1) is 10.2 Å². The zero-order valence-electron chi connectivity index (χ0n) is 14.6. The van der Waals surface area contributed by atoms with E-state index >= 15 is 0 Å². The average molecular weight is 331 g/mol. The van der Waals surface area contributed by atoms with Crippen LogP contribution in [0, 0.1) is 12.8 Å². The second-order valence-corrected chi connectivity index (χ2v) is 6.63. The Kier molecular flexibility index (Phi) is 4.99. The number of hydrogen-bond donors (Lipinski definition) is 1. The van der Waals surface area contributed by atoms with Gasteiger partial charge in [0.15, 0.2) is 5.82 Å². The maximum atomic E-state index is 11.7. The fourth-order valence-electron chi connectivity index (χ4n) is 2.91. The predicted molar refractivity (Wildman–Crippen MR) is 88.9 cm³/mol. The number of fused-ring (bicyclic) bond motifs is 1. The summed E-state index contributed by atoms with van der Waals surface area (Å²) in [5.74, 6) is 3.70. The first-order chi connectivity index (χ1) is 11.5. The second-order valence-electron chi connectivity index (χ2n) is 6.63. The normalized spacial score (nSPS) is 15.3. The molecule has 0 radical (unpaired) electrons. The van der Waals surface area contributed by atoms with Crippen LogP contribution in [-0.4, -0.2) is 32.1 Å². The van der Waals surface area contributed by atoms with Crippen LogP contribution in [0.3, 0.4) is 0 Å². The first-order valence-corrected chi connectivity index (χ1v) is 8.49. The Morgan fingerprint density at radius 2 is 2.17 bits per heavy atom. The number of carbonyl (C=O) groups is 1. The SMILES string of the molecule is Cc1ccc(CN2CCCn3c(CNC(=O)C(C)C)nnc3C2)o1. The predicted octanol–water partition coefficient (Wildman–Crippen LogP) is 1.86. The van der Waals surface area contributed by atoms with Crippen molar-refractivity contribution in [1.82, 2.24) is 25.0 Å². The van der Waals surface area contributed by atoms with Crippen LogP contribution in [-0.2, 0) is 31.0 Å². The van der Waals surface area contributed by atoms with Gasteiger partial charge in [-0.05, 0) is 25.5 Å². The summed E-state index contributed by atoms with van der Waals surface area (Å²) in [6, 6.07) is 4.02. The molecule has 1 aliphatic heterocycles. The molecule has 0 saturated carbocycles. The molecule has 3 rings (SSSR count). The molecule has 0 fully saturated rings. The average Bonchev–Trinajstić information content (AvgIpc) is 3.05. The van der Waals surface area contributed by atoms with Gasteiger partial charge in [0, 0.05) is 19.0 Å². The van der Waals surface area contributed by atoms with Crippen molar-refractivity contribution in [3.63, 3.8) is 0 Å². The lowest BCUT2D eigenvalue weighted by Gasteiger charge is -2.17. The minimum Gasteiger partial charge on any atom is -0.465 e. The highest BCUT2D eigenvalue weighted by Gasteiger charge is 2.20. The number of aryl methyl sites for hydroxylation is 1. The maximum absolute atomic E-state index is 11.7. The zero-order chi connectivity index (χ0) is 17.1. The molecule has 24 heavy (non-hydrogen) atoms. The molecule has 1 N–H and O–H groups in total. The summed E-state index contributed by atoms with van der Waals surface area (Å²) in [5, 5.41) is 11.5. The number of amides is 1. The van der Waals surface area contributed by atoms with Crippen LogP contribution in [0.5, 0.6) is 0 Å². The molecule has 130 valence electrons. The fraction of sp³-hybridized carbons (Fsp3) is 0.588. The van der Waals surface area contributed by atoms with Crippen molar-refractivity contribution in [2.75, 3.05) is 6.54 Å². The lowest BCUT2D eigenvalue weighted by atomic mass is 10.2. The van der Waals surface area contributed by atoms with E-state index in [-0.39, 0.29) is 11.8 Å². The van der Waals surface area contributed by atoms with Gasteiger partial charge in [0.1, 0.15) is 17.3 Å². The first kappa shape index (κ1) is 16.7. The van der Waals surface area contributed by atoms with Crippen LogP contribution >= 0.6 is 0 Å². The second kappa shape index (κ2) is 7.17. The van der Waals surface area contributed by atoms with Gasteiger partial charge in [0.25, 0.3) is 0 Å². The lowest BCUT2D eigenvalue weighted by molar-refractivity contribution is -0.124. The van der Waals surface area contributed by atoms with E-state index in [9.17, 15) is 4.79 Å². The number of rotatable bonds is 5. The summed E-state index contributed by atoms with van der Waals surface area (Å²) in [6.45, 7) is 9.54. The van der Waals surface area contributed by atoms with Gasteiger partial charge in [-0.3, -0.25) is 9.69 Å². The molecule has 7 heteroatoms. The van der Waals surface area contributed by atoms with E-state index in [0.717, 1.165) is 55.8 Å². The Labute approximate surface area is 142 Å². The van der Waals surface area contributed by atoms with Crippen molar-refractivity contribution in [2.45, 2.75) is 53.4 Å². The molecule has 0 aromatic carbocycles. The molecular weight excluding hydrogens is 306 g/mol. The number of nitrogens with zero attached hydrogens (tertiary/aromatic N) is 4. The van der Waals surface area contributed by atoms with E-state index in [1.807, 2.05) is 32.9 Å². The van der Waals surface area contributed by atoms with Crippen LogP contribution in [0.4, 0.5) is 0 Å². The molecule has 0 spiro atoms. The molecule has 0 unspecified atom stereocenters. The fourth-order valence-corrected chi connectivity index (χ4v) is 2.91. The van der Waals surface area contributed by atoms with Crippen molar-refractivity contribution in [1.29, 1.82) is 0 Å². The van der Waals surface area contributed by atoms with Gasteiger partial charge in [-0.25, -0.2) is 0 Å². The van der Waals surface area contributed by atoms with E-state index in [4.69, 9.17) is 4.42 Å². The standard InChI is InChI=1S/C17H25N5O2/c1-12(2)17(23)18-9-15-19-20-16-11-21(7-4-8-22(15)16)10-14-6-5-13(3)24-14/h5-6,12H,4,7-11H2,1-3H3,(H,18,23). The zero-order valence-corrected chi connectivity index (χ0v) is 14.6. The van der Waals surface area contributed by atoms with Gasteiger partial charge < -0.3 is 14.3 Å². The third-order valence-electron chi connectivity index (χ3n) is 4.25. The Hall–Kier alpha value is -2.15. The van der Waals surface area contributed by atoms with Crippen molar-refractivity contribution >= 4 is 5.91 Å². The maximum Gasteiger partial charge on any atom is 0.222 e. The summed E-state index contributed by atoms with van der Waals surface area (Å²) >= 11 is 0. The summed E-state index contributed by atoms with van der Waals surface area (Å²) in [4.78, 5) is 14.1. The van der Waals surface area contributed by atoms with Gasteiger partial charge in [-0.2, -0.15) is 0 Å². The highest BCUT2D eigenvalue weighted by molar-refractivity contribution is 5.77. The third kappa shape index (κ3) is 3.84. The van der Waals surface area contributed by atoms with Crippen LogP contribution in [0.15, 0.2) is 16.5 Å². The van der Waals surface area contributed by atoms with Crippen LogP contribution in [0.25, 0.3) is 0 Å². The summed E-state index contributed by atoms with van der Waals surface area (Å²) < 4.78 is 7.81. The minimum absolute atomic E-state index is 0.0243. The van der Waals surface area contributed by atoms with Gasteiger partial charge in [0.05, 0.1) is 19.6 Å². The molecule has 0 bridgehead atoms. The van der Waals surface area contributed by atoms with Crippen LogP contribution in [0.2, 0.25) is 0 Å². The molecular formula is C17H25N5O2. The Bertz CT molecular complexity index is 704. The minimum atomic E-state index is -0.0243. The molecule has 3 heterocycles. The molecule has 2 aromatic heterocycles. The van der Waals surface area contributed by atoms with E-state index in [0.29, 0.717) is 6.54 Å². The number of nitrogens with one attached hydrogen (secondary N) is 1. The van der Waals surface area contributed by atoms with Crippen molar-refractivity contribution in [2.24, 2.45) is 5.92 Å². The summed E-state index contributed by atoms with van der Waals surface area (Å²) in [7, 11) is 0. The topological polar surface area (TPSA) is 76.2 Å². The van der Waals surface area contributed by atoms with E-state index in [1.165, 1.54) is 0 Å². The Morgan fingerprint density at radius 1 is 1.33 bits per heavy atom. The highest BCUT2D eigenvalue weighted by atomic mass is 16.3. The number of carbonyl (C=O) groups excluding carboxylic acids is 1. The Morgan fingerprint density at radius 3 is 2.88 bits per heavy atom. The van der Waals surface area contributed by atoms with Crippen molar-refractivity contribution in [3.8, 4) is 0 Å². The molecule has 0 aliphatic carbocycles. The Balaban J connectivity index is 1.65. The molecule has 7 nitrogen and oxygen atoms in total. The van der Waals surface area contributed by atoms with E-state index < -0.39 is 0 Å². The monoisotopic (exact) mass is 331 g/mol. The molecule has 0 saturated heterocycles. The number of furan rings is 1.